The lowest BCUT2D eigenvalue weighted by Gasteiger charge is -2.23. The van der Waals surface area contributed by atoms with E-state index < -0.39 is 17.9 Å². The number of carbonyl (C=O) groups is 3. The van der Waals surface area contributed by atoms with E-state index >= 15 is 0 Å². The van der Waals surface area contributed by atoms with Crippen LogP contribution in [-0.4, -0.2) is 43.6 Å². The molecule has 0 heterocycles. The van der Waals surface area contributed by atoms with Crippen LogP contribution in [0, 0.1) is 5.92 Å². The van der Waals surface area contributed by atoms with Crippen LogP contribution in [0.25, 0.3) is 6.08 Å². The van der Waals surface area contributed by atoms with E-state index in [1.54, 1.807) is 25.3 Å². The van der Waals surface area contributed by atoms with Gasteiger partial charge in [-0.1, -0.05) is 45.2 Å². The summed E-state index contributed by atoms with van der Waals surface area (Å²) in [4.78, 5) is 36.7. The van der Waals surface area contributed by atoms with Gasteiger partial charge < -0.3 is 20.1 Å². The number of nitrogens with one attached hydrogen (secondary N) is 2. The van der Waals surface area contributed by atoms with Crippen molar-refractivity contribution in [3.8, 4) is 5.75 Å². The molecule has 7 heteroatoms. The van der Waals surface area contributed by atoms with Gasteiger partial charge >= 0.3 is 5.97 Å². The van der Waals surface area contributed by atoms with Gasteiger partial charge in [0.1, 0.15) is 11.8 Å². The molecule has 1 atom stereocenters. The lowest BCUT2D eigenvalue weighted by atomic mass is 9.95. The van der Waals surface area contributed by atoms with Crippen LogP contribution < -0.4 is 15.4 Å². The Morgan fingerprint density at radius 1 is 1.10 bits per heavy atom. The Labute approximate surface area is 178 Å². The lowest BCUT2D eigenvalue weighted by Crippen LogP contribution is -2.46. The Morgan fingerprint density at radius 3 is 2.37 bits per heavy atom. The van der Waals surface area contributed by atoms with Crippen molar-refractivity contribution in [1.29, 1.82) is 0 Å². The standard InChI is InChI=1S/C23H32N2O5/c1-16(2)22(23(28)30-15-21(27)24-18-7-5-4-6-8-18)25-20(26)14-11-17-9-12-19(29-3)13-10-17/h9-14,16,18,22H,4-8,15H2,1-3H3,(H,24,27)(H,25,26)/t22-/m0/s1. The highest BCUT2D eigenvalue weighted by Crippen LogP contribution is 2.17. The number of methoxy groups -OCH3 is 1. The molecule has 164 valence electrons. The third kappa shape index (κ3) is 7.89. The molecule has 1 saturated carbocycles. The zero-order valence-electron chi connectivity index (χ0n) is 18.0. The topological polar surface area (TPSA) is 93.7 Å². The van der Waals surface area contributed by atoms with E-state index in [9.17, 15) is 14.4 Å². The maximum Gasteiger partial charge on any atom is 0.329 e. The van der Waals surface area contributed by atoms with Crippen molar-refractivity contribution >= 4 is 23.9 Å². The van der Waals surface area contributed by atoms with E-state index in [2.05, 4.69) is 10.6 Å². The molecule has 30 heavy (non-hydrogen) atoms. The van der Waals surface area contributed by atoms with Gasteiger partial charge in [-0.25, -0.2) is 4.79 Å². The predicted octanol–water partition coefficient (Wildman–Crippen LogP) is 2.84. The van der Waals surface area contributed by atoms with E-state index in [1.165, 1.54) is 12.5 Å². The first kappa shape index (κ1) is 23.4. The molecular weight excluding hydrogens is 384 g/mol. The van der Waals surface area contributed by atoms with Gasteiger partial charge in [-0.3, -0.25) is 9.59 Å². The number of carbonyl (C=O) groups excluding carboxylic acids is 3. The Bertz CT molecular complexity index is 736. The second-order valence-corrected chi connectivity index (χ2v) is 7.85. The van der Waals surface area contributed by atoms with Crippen LogP contribution in [0.2, 0.25) is 0 Å². The fraction of sp³-hybridized carbons (Fsp3) is 0.522. The van der Waals surface area contributed by atoms with Gasteiger partial charge in [-0.2, -0.15) is 0 Å². The van der Waals surface area contributed by atoms with Gasteiger partial charge in [-0.05, 0) is 42.5 Å². The number of esters is 1. The van der Waals surface area contributed by atoms with E-state index in [-0.39, 0.29) is 24.5 Å². The first-order chi connectivity index (χ1) is 14.4. The fourth-order valence-corrected chi connectivity index (χ4v) is 3.33. The van der Waals surface area contributed by atoms with E-state index in [0.29, 0.717) is 0 Å². The quantitative estimate of drug-likeness (QED) is 0.477. The number of hydrogen-bond donors (Lipinski definition) is 2. The molecule has 1 aromatic carbocycles. The summed E-state index contributed by atoms with van der Waals surface area (Å²) in [5.41, 5.74) is 0.828. The molecule has 0 saturated heterocycles. The molecule has 2 amide bonds. The molecule has 0 aliphatic heterocycles. The average Bonchev–Trinajstić information content (AvgIpc) is 2.75. The molecule has 1 aromatic rings. The van der Waals surface area contributed by atoms with E-state index in [4.69, 9.17) is 9.47 Å². The zero-order valence-corrected chi connectivity index (χ0v) is 18.0. The van der Waals surface area contributed by atoms with Crippen LogP contribution in [-0.2, 0) is 19.1 Å². The van der Waals surface area contributed by atoms with Crippen LogP contribution in [0.3, 0.4) is 0 Å². The minimum Gasteiger partial charge on any atom is -0.497 e. The van der Waals surface area contributed by atoms with E-state index in [0.717, 1.165) is 37.0 Å². The number of ether oxygens (including phenoxy) is 2. The maximum atomic E-state index is 12.4. The Kier molecular flexibility index (Phi) is 9.38. The van der Waals surface area contributed by atoms with Crippen molar-refractivity contribution in [1.82, 2.24) is 10.6 Å². The SMILES string of the molecule is COc1ccc(C=CC(=O)N[C@H](C(=O)OCC(=O)NC2CCCCC2)C(C)C)cc1. The van der Waals surface area contributed by atoms with Crippen LogP contribution in [0.15, 0.2) is 30.3 Å². The van der Waals surface area contributed by atoms with Gasteiger partial charge in [-0.15, -0.1) is 0 Å². The molecule has 0 radical (unpaired) electrons. The number of amides is 2. The Balaban J connectivity index is 1.82. The summed E-state index contributed by atoms with van der Waals surface area (Å²) >= 11 is 0. The number of rotatable bonds is 9. The molecule has 0 unspecified atom stereocenters. The van der Waals surface area contributed by atoms with Gasteiger partial charge in [0.15, 0.2) is 6.61 Å². The minimum atomic E-state index is -0.833. The fourth-order valence-electron chi connectivity index (χ4n) is 3.33. The molecule has 0 aromatic heterocycles. The van der Waals surface area contributed by atoms with Crippen LogP contribution in [0.4, 0.5) is 0 Å². The van der Waals surface area contributed by atoms with Crippen LogP contribution in [0.1, 0.15) is 51.5 Å². The molecule has 1 aliphatic carbocycles. The molecular formula is C23H32N2O5. The van der Waals surface area contributed by atoms with Crippen molar-refractivity contribution in [2.24, 2.45) is 5.92 Å². The van der Waals surface area contributed by atoms with Gasteiger partial charge in [0.05, 0.1) is 7.11 Å². The predicted molar refractivity (Wildman–Crippen MR) is 115 cm³/mol. The summed E-state index contributed by atoms with van der Waals surface area (Å²) in [5, 5.41) is 5.56. The molecule has 1 aliphatic rings. The van der Waals surface area contributed by atoms with Crippen molar-refractivity contribution in [2.45, 2.75) is 58.0 Å². The zero-order chi connectivity index (χ0) is 21.9. The summed E-state index contributed by atoms with van der Waals surface area (Å²) < 4.78 is 10.3. The first-order valence-electron chi connectivity index (χ1n) is 10.5. The van der Waals surface area contributed by atoms with Gasteiger partial charge in [0.2, 0.25) is 5.91 Å². The smallest absolute Gasteiger partial charge is 0.329 e. The van der Waals surface area contributed by atoms with E-state index in [1.807, 2.05) is 26.0 Å². The largest absolute Gasteiger partial charge is 0.497 e. The first-order valence-corrected chi connectivity index (χ1v) is 10.5. The Hall–Kier alpha value is -2.83. The summed E-state index contributed by atoms with van der Waals surface area (Å²) in [7, 11) is 1.59. The molecule has 2 rings (SSSR count). The molecule has 0 spiro atoms. The highest BCUT2D eigenvalue weighted by atomic mass is 16.5. The van der Waals surface area contributed by atoms with Gasteiger partial charge in [0, 0.05) is 12.1 Å². The third-order valence-electron chi connectivity index (χ3n) is 5.08. The molecule has 1 fully saturated rings. The van der Waals surface area contributed by atoms with Crippen molar-refractivity contribution < 1.29 is 23.9 Å². The van der Waals surface area contributed by atoms with Crippen LogP contribution >= 0.6 is 0 Å². The summed E-state index contributed by atoms with van der Waals surface area (Å²) in [6, 6.07) is 6.56. The molecule has 0 bridgehead atoms. The monoisotopic (exact) mass is 416 g/mol. The maximum absolute atomic E-state index is 12.4. The lowest BCUT2D eigenvalue weighted by molar-refractivity contribution is -0.152. The second kappa shape index (κ2) is 12.0. The average molecular weight is 417 g/mol. The molecule has 2 N–H and O–H groups in total. The highest BCUT2D eigenvalue weighted by molar-refractivity contribution is 5.95. The summed E-state index contributed by atoms with van der Waals surface area (Å²) in [6.07, 6.45) is 8.35. The summed E-state index contributed by atoms with van der Waals surface area (Å²) in [6.45, 7) is 3.28. The van der Waals surface area contributed by atoms with Crippen LogP contribution in [0.5, 0.6) is 5.75 Å². The molecule has 7 nitrogen and oxygen atoms in total. The Morgan fingerprint density at radius 2 is 1.77 bits per heavy atom. The minimum absolute atomic E-state index is 0.161. The highest BCUT2D eigenvalue weighted by Gasteiger charge is 2.26. The number of benzene rings is 1. The number of hydrogen-bond acceptors (Lipinski definition) is 5. The van der Waals surface area contributed by atoms with Crippen molar-refractivity contribution in [2.75, 3.05) is 13.7 Å². The normalized spacial score (nSPS) is 15.6. The summed E-state index contributed by atoms with van der Waals surface area (Å²) in [5.74, 6) is -0.782. The third-order valence-corrected chi connectivity index (χ3v) is 5.08. The van der Waals surface area contributed by atoms with Crippen molar-refractivity contribution in [3.63, 3.8) is 0 Å². The van der Waals surface area contributed by atoms with Gasteiger partial charge in [0.25, 0.3) is 5.91 Å². The second-order valence-electron chi connectivity index (χ2n) is 7.85. The van der Waals surface area contributed by atoms with Crippen molar-refractivity contribution in [3.05, 3.63) is 35.9 Å².